The van der Waals surface area contributed by atoms with Crippen molar-refractivity contribution in [2.45, 2.75) is 13.5 Å². The minimum absolute atomic E-state index is 0.659. The zero-order valence-corrected chi connectivity index (χ0v) is 12.3. The fraction of sp³-hybridized carbons (Fsp3) is 0.167. The Hall–Kier alpha value is -2.39. The third-order valence-corrected chi connectivity index (χ3v) is 3.37. The normalized spacial score (nSPS) is 10.8. The summed E-state index contributed by atoms with van der Waals surface area (Å²) in [6.45, 7) is 2.78. The number of hydrogen-bond acceptors (Lipinski definition) is 3. The Kier molecular flexibility index (Phi) is 3.84. The number of aromatic nitrogens is 1. The predicted octanol–water partition coefficient (Wildman–Crippen LogP) is 4.05. The standard InChI is InChI=1S/C18H18N2O/c1-13-7-9-16(10-8-13)21-18-15(12-19-2)11-14-5-3-4-6-17(14)20-18/h3-11,19H,12H2,1-2H3. The topological polar surface area (TPSA) is 34.2 Å². The van der Waals surface area contributed by atoms with Crippen LogP contribution in [0.5, 0.6) is 11.6 Å². The summed E-state index contributed by atoms with van der Waals surface area (Å²) in [5, 5.41) is 4.29. The average molecular weight is 278 g/mol. The van der Waals surface area contributed by atoms with Gasteiger partial charge in [0.25, 0.3) is 0 Å². The molecule has 0 fully saturated rings. The van der Waals surface area contributed by atoms with Gasteiger partial charge in [-0.15, -0.1) is 0 Å². The van der Waals surface area contributed by atoms with Gasteiger partial charge >= 0.3 is 0 Å². The minimum atomic E-state index is 0.659. The summed E-state index contributed by atoms with van der Waals surface area (Å²) >= 11 is 0. The molecular weight excluding hydrogens is 260 g/mol. The SMILES string of the molecule is CNCc1cc2ccccc2nc1Oc1ccc(C)cc1. The van der Waals surface area contributed by atoms with Crippen LogP contribution in [0.3, 0.4) is 0 Å². The summed E-state index contributed by atoms with van der Waals surface area (Å²) < 4.78 is 5.97. The highest BCUT2D eigenvalue weighted by Crippen LogP contribution is 2.27. The molecule has 0 saturated carbocycles. The van der Waals surface area contributed by atoms with Crippen LogP contribution in [0.4, 0.5) is 0 Å². The van der Waals surface area contributed by atoms with Crippen LogP contribution in [0.15, 0.2) is 54.6 Å². The van der Waals surface area contributed by atoms with E-state index in [1.54, 1.807) is 0 Å². The third-order valence-electron chi connectivity index (χ3n) is 3.37. The second-order valence-electron chi connectivity index (χ2n) is 5.09. The van der Waals surface area contributed by atoms with Gasteiger partial charge in [-0.3, -0.25) is 0 Å². The van der Waals surface area contributed by atoms with Crippen LogP contribution in [0.25, 0.3) is 10.9 Å². The number of hydrogen-bond donors (Lipinski definition) is 1. The lowest BCUT2D eigenvalue weighted by Crippen LogP contribution is -2.07. The van der Waals surface area contributed by atoms with Gasteiger partial charge in [-0.25, -0.2) is 4.98 Å². The maximum absolute atomic E-state index is 5.97. The number of rotatable bonds is 4. The van der Waals surface area contributed by atoms with Crippen molar-refractivity contribution in [3.8, 4) is 11.6 Å². The summed E-state index contributed by atoms with van der Waals surface area (Å²) in [6, 6.07) is 18.2. The lowest BCUT2D eigenvalue weighted by atomic mass is 10.1. The number of benzene rings is 2. The zero-order valence-electron chi connectivity index (χ0n) is 12.3. The fourth-order valence-corrected chi connectivity index (χ4v) is 2.27. The summed E-state index contributed by atoms with van der Waals surface area (Å²) in [5.74, 6) is 1.47. The van der Waals surface area contributed by atoms with Gasteiger partial charge in [0.05, 0.1) is 5.52 Å². The van der Waals surface area contributed by atoms with Crippen LogP contribution in [-0.4, -0.2) is 12.0 Å². The second kappa shape index (κ2) is 5.94. The fourth-order valence-electron chi connectivity index (χ4n) is 2.27. The van der Waals surface area contributed by atoms with Crippen molar-refractivity contribution >= 4 is 10.9 Å². The van der Waals surface area contributed by atoms with Crippen molar-refractivity contribution in [1.29, 1.82) is 0 Å². The molecule has 0 aliphatic heterocycles. The third kappa shape index (κ3) is 3.03. The van der Waals surface area contributed by atoms with E-state index in [2.05, 4.69) is 29.4 Å². The summed E-state index contributed by atoms with van der Waals surface area (Å²) in [7, 11) is 1.92. The Morgan fingerprint density at radius 1 is 1.05 bits per heavy atom. The largest absolute Gasteiger partial charge is 0.439 e. The number of para-hydroxylation sites is 1. The van der Waals surface area contributed by atoms with Crippen LogP contribution >= 0.6 is 0 Å². The molecule has 1 heterocycles. The van der Waals surface area contributed by atoms with E-state index >= 15 is 0 Å². The van der Waals surface area contributed by atoms with Crippen LogP contribution in [-0.2, 0) is 6.54 Å². The molecule has 0 unspecified atom stereocenters. The summed E-state index contributed by atoms with van der Waals surface area (Å²) in [4.78, 5) is 4.65. The smallest absolute Gasteiger partial charge is 0.224 e. The number of pyridine rings is 1. The molecule has 1 aromatic heterocycles. The molecule has 1 N–H and O–H groups in total. The molecule has 21 heavy (non-hydrogen) atoms. The van der Waals surface area contributed by atoms with Gasteiger partial charge in [0.1, 0.15) is 5.75 Å². The second-order valence-corrected chi connectivity index (χ2v) is 5.09. The van der Waals surface area contributed by atoms with Gasteiger partial charge in [0.15, 0.2) is 0 Å². The highest BCUT2D eigenvalue weighted by Gasteiger charge is 2.08. The van der Waals surface area contributed by atoms with Gasteiger partial charge in [-0.1, -0.05) is 35.9 Å². The van der Waals surface area contributed by atoms with Gasteiger partial charge in [-0.2, -0.15) is 0 Å². The Labute approximate surface area is 124 Å². The van der Waals surface area contributed by atoms with Crippen molar-refractivity contribution in [1.82, 2.24) is 10.3 Å². The average Bonchev–Trinajstić information content (AvgIpc) is 2.50. The Morgan fingerprint density at radius 2 is 1.81 bits per heavy atom. The first kappa shape index (κ1) is 13.6. The van der Waals surface area contributed by atoms with Crippen LogP contribution in [0.1, 0.15) is 11.1 Å². The zero-order chi connectivity index (χ0) is 14.7. The number of aryl methyl sites for hydroxylation is 1. The monoisotopic (exact) mass is 278 g/mol. The molecule has 0 spiro atoms. The molecule has 0 saturated heterocycles. The molecule has 2 aromatic carbocycles. The maximum atomic E-state index is 5.97. The highest BCUT2D eigenvalue weighted by molar-refractivity contribution is 5.80. The highest BCUT2D eigenvalue weighted by atomic mass is 16.5. The van der Waals surface area contributed by atoms with Crippen LogP contribution in [0.2, 0.25) is 0 Å². The van der Waals surface area contributed by atoms with Crippen molar-refractivity contribution in [2.75, 3.05) is 7.05 Å². The molecule has 0 aliphatic rings. The minimum Gasteiger partial charge on any atom is -0.439 e. The van der Waals surface area contributed by atoms with Crippen molar-refractivity contribution in [3.05, 3.63) is 65.7 Å². The Morgan fingerprint density at radius 3 is 2.57 bits per heavy atom. The maximum Gasteiger partial charge on any atom is 0.224 e. The molecule has 0 amide bonds. The quantitative estimate of drug-likeness (QED) is 0.781. The number of nitrogens with zero attached hydrogens (tertiary/aromatic N) is 1. The number of nitrogens with one attached hydrogen (secondary N) is 1. The van der Waals surface area contributed by atoms with Crippen molar-refractivity contribution < 1.29 is 4.74 Å². The molecule has 0 bridgehead atoms. The van der Waals surface area contributed by atoms with E-state index in [9.17, 15) is 0 Å². The van der Waals surface area contributed by atoms with E-state index < -0.39 is 0 Å². The first-order valence-corrected chi connectivity index (χ1v) is 7.04. The van der Waals surface area contributed by atoms with E-state index in [0.29, 0.717) is 5.88 Å². The molecule has 3 heteroatoms. The van der Waals surface area contributed by atoms with Gasteiger partial charge in [-0.05, 0) is 38.2 Å². The van der Waals surface area contributed by atoms with Crippen molar-refractivity contribution in [2.24, 2.45) is 0 Å². The van der Waals surface area contributed by atoms with E-state index in [-0.39, 0.29) is 0 Å². The van der Waals surface area contributed by atoms with Gasteiger partial charge in [0, 0.05) is 17.5 Å². The first-order valence-electron chi connectivity index (χ1n) is 7.04. The molecule has 3 aromatic rings. The summed E-state index contributed by atoms with van der Waals surface area (Å²) in [5.41, 5.74) is 3.21. The van der Waals surface area contributed by atoms with E-state index in [1.807, 2.05) is 49.5 Å². The molecule has 106 valence electrons. The van der Waals surface area contributed by atoms with E-state index in [4.69, 9.17) is 4.74 Å². The van der Waals surface area contributed by atoms with Gasteiger partial charge in [0.2, 0.25) is 5.88 Å². The molecule has 3 rings (SSSR count). The van der Waals surface area contributed by atoms with Crippen molar-refractivity contribution in [3.63, 3.8) is 0 Å². The Bertz CT molecular complexity index is 751. The molecular formula is C18H18N2O. The first-order chi connectivity index (χ1) is 10.3. The van der Waals surface area contributed by atoms with Crippen LogP contribution < -0.4 is 10.1 Å². The number of ether oxygens (including phenoxy) is 1. The summed E-state index contributed by atoms with van der Waals surface area (Å²) in [6.07, 6.45) is 0. The molecule has 0 atom stereocenters. The van der Waals surface area contributed by atoms with E-state index in [1.165, 1.54) is 5.56 Å². The molecule has 0 radical (unpaired) electrons. The Balaban J connectivity index is 2.02. The lowest BCUT2D eigenvalue weighted by molar-refractivity contribution is 0.456. The predicted molar refractivity (Wildman–Crippen MR) is 85.8 cm³/mol. The lowest BCUT2D eigenvalue weighted by Gasteiger charge is -2.11. The van der Waals surface area contributed by atoms with Crippen LogP contribution in [0, 0.1) is 6.92 Å². The van der Waals surface area contributed by atoms with Gasteiger partial charge < -0.3 is 10.1 Å². The number of fused-ring (bicyclic) bond motifs is 1. The molecule has 3 nitrogen and oxygen atoms in total. The molecule has 0 aliphatic carbocycles. The van der Waals surface area contributed by atoms with E-state index in [0.717, 1.165) is 28.8 Å².